The average Bonchev–Trinajstić information content (AvgIpc) is 3.11. The summed E-state index contributed by atoms with van der Waals surface area (Å²) in [5.74, 6) is 0.547. The van der Waals surface area contributed by atoms with Crippen LogP contribution in [0.15, 0.2) is 36.9 Å². The molecule has 1 amide bonds. The number of piperidine rings is 1. The SMILES string of the molecule is Cc1ccc2nc(C(=O)N3CCC(Nc4cncc(C#N)n4)CC3C)cn2c1. The van der Waals surface area contributed by atoms with Gasteiger partial charge in [0.25, 0.3) is 5.91 Å². The lowest BCUT2D eigenvalue weighted by atomic mass is 9.98. The van der Waals surface area contributed by atoms with Gasteiger partial charge < -0.3 is 14.6 Å². The van der Waals surface area contributed by atoms with Crippen LogP contribution in [0.5, 0.6) is 0 Å². The molecule has 1 aliphatic heterocycles. The van der Waals surface area contributed by atoms with Crippen LogP contribution in [-0.2, 0) is 0 Å². The molecule has 1 fully saturated rings. The molecule has 142 valence electrons. The number of hydrogen-bond donors (Lipinski definition) is 1. The van der Waals surface area contributed by atoms with Gasteiger partial charge in [-0.2, -0.15) is 5.26 Å². The van der Waals surface area contributed by atoms with Crippen molar-refractivity contribution in [2.24, 2.45) is 0 Å². The molecule has 0 spiro atoms. The fourth-order valence-electron chi connectivity index (χ4n) is 3.66. The fraction of sp³-hybridized carbons (Fsp3) is 0.350. The Labute approximate surface area is 162 Å². The molecular weight excluding hydrogens is 354 g/mol. The Morgan fingerprint density at radius 1 is 1.29 bits per heavy atom. The number of nitrogens with one attached hydrogen (secondary N) is 1. The highest BCUT2D eigenvalue weighted by molar-refractivity contribution is 5.93. The fourth-order valence-corrected chi connectivity index (χ4v) is 3.66. The van der Waals surface area contributed by atoms with Gasteiger partial charge in [-0.1, -0.05) is 6.07 Å². The molecule has 0 aromatic carbocycles. The first kappa shape index (κ1) is 17.9. The van der Waals surface area contributed by atoms with Gasteiger partial charge in [0.2, 0.25) is 0 Å². The van der Waals surface area contributed by atoms with Crippen molar-refractivity contribution in [1.29, 1.82) is 5.26 Å². The third-order valence-electron chi connectivity index (χ3n) is 5.06. The van der Waals surface area contributed by atoms with Crippen LogP contribution in [0, 0.1) is 18.3 Å². The zero-order valence-corrected chi connectivity index (χ0v) is 15.8. The van der Waals surface area contributed by atoms with Gasteiger partial charge in [0.15, 0.2) is 5.69 Å². The summed E-state index contributed by atoms with van der Waals surface area (Å²) in [4.78, 5) is 27.6. The average molecular weight is 375 g/mol. The zero-order chi connectivity index (χ0) is 19.7. The molecule has 3 aromatic rings. The summed E-state index contributed by atoms with van der Waals surface area (Å²) < 4.78 is 1.89. The molecule has 3 aromatic heterocycles. The van der Waals surface area contributed by atoms with Gasteiger partial charge in [-0.25, -0.2) is 9.97 Å². The molecule has 0 saturated carbocycles. The first-order valence-corrected chi connectivity index (χ1v) is 9.28. The number of aromatic nitrogens is 4. The van der Waals surface area contributed by atoms with Crippen LogP contribution in [0.1, 0.15) is 41.5 Å². The number of hydrogen-bond acceptors (Lipinski definition) is 6. The molecule has 0 radical (unpaired) electrons. The van der Waals surface area contributed by atoms with E-state index in [1.807, 2.05) is 47.5 Å². The second-order valence-corrected chi connectivity index (χ2v) is 7.21. The van der Waals surface area contributed by atoms with Crippen molar-refractivity contribution in [3.63, 3.8) is 0 Å². The molecule has 1 saturated heterocycles. The van der Waals surface area contributed by atoms with E-state index >= 15 is 0 Å². The Hall–Kier alpha value is -3.47. The number of rotatable bonds is 3. The smallest absolute Gasteiger partial charge is 0.274 e. The van der Waals surface area contributed by atoms with E-state index in [4.69, 9.17) is 5.26 Å². The Balaban J connectivity index is 1.44. The lowest BCUT2D eigenvalue weighted by molar-refractivity contribution is 0.0620. The second-order valence-electron chi connectivity index (χ2n) is 7.21. The minimum Gasteiger partial charge on any atom is -0.366 e. The van der Waals surface area contributed by atoms with Crippen molar-refractivity contribution in [2.45, 2.75) is 38.8 Å². The van der Waals surface area contributed by atoms with Crippen molar-refractivity contribution in [2.75, 3.05) is 11.9 Å². The number of imidazole rings is 1. The summed E-state index contributed by atoms with van der Waals surface area (Å²) in [5, 5.41) is 12.3. The van der Waals surface area contributed by atoms with Gasteiger partial charge in [-0.15, -0.1) is 0 Å². The number of amides is 1. The Bertz CT molecular complexity index is 1070. The normalized spacial score (nSPS) is 19.4. The van der Waals surface area contributed by atoms with Gasteiger partial charge >= 0.3 is 0 Å². The Morgan fingerprint density at radius 2 is 2.14 bits per heavy atom. The quantitative estimate of drug-likeness (QED) is 0.755. The summed E-state index contributed by atoms with van der Waals surface area (Å²) in [7, 11) is 0. The molecule has 1 N–H and O–H groups in total. The van der Waals surface area contributed by atoms with Crippen molar-refractivity contribution in [3.05, 3.63) is 53.9 Å². The minimum atomic E-state index is -0.0430. The van der Waals surface area contributed by atoms with Crippen molar-refractivity contribution in [3.8, 4) is 6.07 Å². The third kappa shape index (κ3) is 3.51. The van der Waals surface area contributed by atoms with Crippen LogP contribution in [0.25, 0.3) is 5.65 Å². The van der Waals surface area contributed by atoms with Crippen LogP contribution in [0.3, 0.4) is 0 Å². The summed E-state index contributed by atoms with van der Waals surface area (Å²) in [6, 6.07) is 6.14. The van der Waals surface area contributed by atoms with Crippen molar-refractivity contribution in [1.82, 2.24) is 24.3 Å². The number of carbonyl (C=O) groups is 1. The summed E-state index contributed by atoms with van der Waals surface area (Å²) >= 11 is 0. The molecule has 2 atom stereocenters. The van der Waals surface area contributed by atoms with Crippen LogP contribution in [0.4, 0.5) is 5.82 Å². The first-order chi connectivity index (χ1) is 13.5. The standard InChI is InChI=1S/C20H21N7O/c1-13-3-4-19-25-17(12-26(19)11-13)20(28)27-6-5-15(7-14(27)2)23-18-10-22-9-16(8-21)24-18/h3-4,9-12,14-15H,5-7H2,1-2H3,(H,23,24). The maximum atomic E-state index is 13.0. The maximum absolute atomic E-state index is 13.0. The predicted molar refractivity (Wildman–Crippen MR) is 104 cm³/mol. The maximum Gasteiger partial charge on any atom is 0.274 e. The number of nitriles is 1. The lowest BCUT2D eigenvalue weighted by Crippen LogP contribution is -2.48. The van der Waals surface area contributed by atoms with E-state index < -0.39 is 0 Å². The molecule has 2 unspecified atom stereocenters. The molecule has 0 aliphatic carbocycles. The van der Waals surface area contributed by atoms with E-state index in [1.165, 1.54) is 6.20 Å². The van der Waals surface area contributed by atoms with Gasteiger partial charge in [-0.05, 0) is 38.3 Å². The van der Waals surface area contributed by atoms with E-state index in [0.717, 1.165) is 24.1 Å². The number of aryl methyl sites for hydroxylation is 1. The molecule has 0 bridgehead atoms. The lowest BCUT2D eigenvalue weighted by Gasteiger charge is -2.37. The number of anilines is 1. The largest absolute Gasteiger partial charge is 0.366 e. The number of fused-ring (bicyclic) bond motifs is 1. The number of likely N-dealkylation sites (tertiary alicyclic amines) is 1. The highest BCUT2D eigenvalue weighted by Crippen LogP contribution is 2.22. The van der Waals surface area contributed by atoms with Gasteiger partial charge in [-0.3, -0.25) is 9.78 Å². The molecule has 4 heterocycles. The molecule has 8 nitrogen and oxygen atoms in total. The summed E-state index contributed by atoms with van der Waals surface area (Å²) in [5.41, 5.74) is 2.64. The summed E-state index contributed by atoms with van der Waals surface area (Å²) in [6.07, 6.45) is 8.39. The van der Waals surface area contributed by atoms with E-state index in [-0.39, 0.29) is 23.7 Å². The first-order valence-electron chi connectivity index (χ1n) is 9.28. The van der Waals surface area contributed by atoms with Crippen LogP contribution >= 0.6 is 0 Å². The van der Waals surface area contributed by atoms with E-state index in [1.54, 1.807) is 12.4 Å². The van der Waals surface area contributed by atoms with E-state index in [9.17, 15) is 4.79 Å². The number of nitrogens with zero attached hydrogens (tertiary/aromatic N) is 6. The van der Waals surface area contributed by atoms with E-state index in [2.05, 4.69) is 20.3 Å². The summed E-state index contributed by atoms with van der Waals surface area (Å²) in [6.45, 7) is 4.69. The highest BCUT2D eigenvalue weighted by atomic mass is 16.2. The van der Waals surface area contributed by atoms with Crippen molar-refractivity contribution < 1.29 is 4.79 Å². The Kier molecular flexibility index (Phi) is 4.65. The van der Waals surface area contributed by atoms with Gasteiger partial charge in [0.1, 0.15) is 23.2 Å². The molecule has 1 aliphatic rings. The molecule has 8 heteroatoms. The van der Waals surface area contributed by atoms with Crippen LogP contribution in [-0.4, -0.2) is 48.8 Å². The molecule has 4 rings (SSSR count). The number of pyridine rings is 1. The highest BCUT2D eigenvalue weighted by Gasteiger charge is 2.30. The monoisotopic (exact) mass is 375 g/mol. The van der Waals surface area contributed by atoms with E-state index in [0.29, 0.717) is 18.1 Å². The minimum absolute atomic E-state index is 0.0430. The predicted octanol–water partition coefficient (Wildman–Crippen LogP) is 2.41. The van der Waals surface area contributed by atoms with Crippen LogP contribution in [0.2, 0.25) is 0 Å². The van der Waals surface area contributed by atoms with Gasteiger partial charge in [0.05, 0.1) is 12.4 Å². The Morgan fingerprint density at radius 3 is 2.93 bits per heavy atom. The molecular formula is C20H21N7O. The van der Waals surface area contributed by atoms with Crippen LogP contribution < -0.4 is 5.32 Å². The zero-order valence-electron chi connectivity index (χ0n) is 15.8. The molecule has 28 heavy (non-hydrogen) atoms. The topological polar surface area (TPSA) is 99.2 Å². The third-order valence-corrected chi connectivity index (χ3v) is 5.06. The van der Waals surface area contributed by atoms with Crippen molar-refractivity contribution >= 4 is 17.4 Å². The second kappa shape index (κ2) is 7.27. The number of carbonyl (C=O) groups excluding carboxylic acids is 1. The van der Waals surface area contributed by atoms with Gasteiger partial charge in [0, 0.05) is 31.0 Å².